The lowest BCUT2D eigenvalue weighted by Gasteiger charge is -2.36. The van der Waals surface area contributed by atoms with Gasteiger partial charge in [-0.2, -0.15) is 0 Å². The molecule has 2 amide bonds. The Hall–Kier alpha value is -2.77. The average molecular weight is 425 g/mol. The van der Waals surface area contributed by atoms with Crippen LogP contribution < -0.4 is 0 Å². The van der Waals surface area contributed by atoms with Crippen LogP contribution in [-0.2, 0) is 22.6 Å². The van der Waals surface area contributed by atoms with Crippen LogP contribution in [-0.4, -0.2) is 68.0 Å². The summed E-state index contributed by atoms with van der Waals surface area (Å²) in [6, 6.07) is 10.4. The van der Waals surface area contributed by atoms with Crippen LogP contribution in [0.3, 0.4) is 0 Å². The van der Waals surface area contributed by atoms with Crippen LogP contribution in [0.1, 0.15) is 44.1 Å². The van der Waals surface area contributed by atoms with Crippen molar-refractivity contribution in [3.8, 4) is 0 Å². The van der Waals surface area contributed by atoms with Gasteiger partial charge in [-0.05, 0) is 54.0 Å². The summed E-state index contributed by atoms with van der Waals surface area (Å²) >= 11 is 0. The van der Waals surface area contributed by atoms with Crippen LogP contribution >= 0.6 is 0 Å². The maximum atomic E-state index is 13.3. The Labute approximate surface area is 183 Å². The lowest BCUT2D eigenvalue weighted by Crippen LogP contribution is -2.44. The SMILES string of the molecule is O=C(CCn1cnnn1)N1CCC(C2CCCCN(CCc3ccccc3)C2=O)CC1. The topological polar surface area (TPSA) is 84.2 Å². The number of nitrogens with zero attached hydrogens (tertiary/aromatic N) is 6. The predicted molar refractivity (Wildman–Crippen MR) is 116 cm³/mol. The first-order valence-corrected chi connectivity index (χ1v) is 11.5. The zero-order valence-electron chi connectivity index (χ0n) is 18.1. The van der Waals surface area contributed by atoms with Crippen LogP contribution in [0.15, 0.2) is 36.7 Å². The molecule has 8 heteroatoms. The third-order valence-electron chi connectivity index (χ3n) is 6.74. The maximum Gasteiger partial charge on any atom is 0.225 e. The normalized spacial score (nSPS) is 20.6. The van der Waals surface area contributed by atoms with Gasteiger partial charge in [-0.3, -0.25) is 9.59 Å². The van der Waals surface area contributed by atoms with E-state index in [0.717, 1.165) is 64.7 Å². The number of rotatable bonds is 7. The second-order valence-corrected chi connectivity index (χ2v) is 8.70. The number of benzene rings is 1. The Morgan fingerprint density at radius 2 is 1.81 bits per heavy atom. The van der Waals surface area contributed by atoms with Gasteiger partial charge in [-0.1, -0.05) is 36.8 Å². The van der Waals surface area contributed by atoms with Crippen molar-refractivity contribution in [2.45, 2.75) is 51.5 Å². The summed E-state index contributed by atoms with van der Waals surface area (Å²) in [5, 5.41) is 11.0. The van der Waals surface area contributed by atoms with Crippen LogP contribution in [0.4, 0.5) is 0 Å². The summed E-state index contributed by atoms with van der Waals surface area (Å²) < 4.78 is 1.58. The fraction of sp³-hybridized carbons (Fsp3) is 0.609. The summed E-state index contributed by atoms with van der Waals surface area (Å²) in [4.78, 5) is 29.9. The van der Waals surface area contributed by atoms with Crippen LogP contribution in [0.25, 0.3) is 0 Å². The third kappa shape index (κ3) is 5.68. The van der Waals surface area contributed by atoms with Crippen molar-refractivity contribution in [1.29, 1.82) is 0 Å². The fourth-order valence-corrected chi connectivity index (χ4v) is 4.91. The molecular weight excluding hydrogens is 392 g/mol. The van der Waals surface area contributed by atoms with E-state index in [1.807, 2.05) is 11.0 Å². The number of aromatic nitrogens is 4. The van der Waals surface area contributed by atoms with E-state index in [9.17, 15) is 9.59 Å². The molecule has 3 heterocycles. The molecule has 2 fully saturated rings. The van der Waals surface area contributed by atoms with Crippen molar-refractivity contribution in [2.24, 2.45) is 11.8 Å². The first-order chi connectivity index (χ1) is 15.2. The van der Waals surface area contributed by atoms with Crippen molar-refractivity contribution < 1.29 is 9.59 Å². The van der Waals surface area contributed by atoms with E-state index in [0.29, 0.717) is 24.8 Å². The van der Waals surface area contributed by atoms with E-state index in [2.05, 4.69) is 44.7 Å². The highest BCUT2D eigenvalue weighted by atomic mass is 16.2. The van der Waals surface area contributed by atoms with Crippen molar-refractivity contribution in [1.82, 2.24) is 30.0 Å². The number of hydrogen-bond acceptors (Lipinski definition) is 5. The quantitative estimate of drug-likeness (QED) is 0.680. The molecule has 0 radical (unpaired) electrons. The lowest BCUT2D eigenvalue weighted by atomic mass is 9.81. The highest BCUT2D eigenvalue weighted by Gasteiger charge is 2.35. The Kier molecular flexibility index (Phi) is 7.27. The van der Waals surface area contributed by atoms with Gasteiger partial charge < -0.3 is 9.80 Å². The molecule has 0 saturated carbocycles. The van der Waals surface area contributed by atoms with E-state index in [1.165, 1.54) is 11.9 Å². The van der Waals surface area contributed by atoms with E-state index < -0.39 is 0 Å². The molecule has 0 aliphatic carbocycles. The van der Waals surface area contributed by atoms with Gasteiger partial charge in [0.1, 0.15) is 6.33 Å². The molecule has 4 rings (SSSR count). The van der Waals surface area contributed by atoms with Gasteiger partial charge in [0.25, 0.3) is 0 Å². The molecule has 1 unspecified atom stereocenters. The zero-order valence-corrected chi connectivity index (χ0v) is 18.1. The molecule has 2 aromatic rings. The molecule has 1 atom stereocenters. The third-order valence-corrected chi connectivity index (χ3v) is 6.74. The summed E-state index contributed by atoms with van der Waals surface area (Å²) in [5.41, 5.74) is 1.28. The molecule has 2 aliphatic rings. The van der Waals surface area contributed by atoms with Gasteiger partial charge in [-0.15, -0.1) is 5.10 Å². The number of tetrazole rings is 1. The second-order valence-electron chi connectivity index (χ2n) is 8.70. The second kappa shape index (κ2) is 10.5. The minimum Gasteiger partial charge on any atom is -0.343 e. The number of piperidine rings is 1. The first-order valence-electron chi connectivity index (χ1n) is 11.5. The summed E-state index contributed by atoms with van der Waals surface area (Å²) in [6.45, 7) is 3.66. The largest absolute Gasteiger partial charge is 0.343 e. The highest BCUT2D eigenvalue weighted by molar-refractivity contribution is 5.79. The smallest absolute Gasteiger partial charge is 0.225 e. The van der Waals surface area contributed by atoms with Crippen molar-refractivity contribution in [2.75, 3.05) is 26.2 Å². The Morgan fingerprint density at radius 3 is 2.55 bits per heavy atom. The molecule has 1 aromatic heterocycles. The molecular formula is C23H32N6O2. The standard InChI is InChI=1S/C23H32N6O2/c30-22(12-17-29-18-24-25-26-29)27-15-10-20(11-16-27)21-8-4-5-13-28(23(21)31)14-9-19-6-2-1-3-7-19/h1-3,6-7,18,20-21H,4-5,8-17H2. The van der Waals surface area contributed by atoms with Gasteiger partial charge >= 0.3 is 0 Å². The molecule has 31 heavy (non-hydrogen) atoms. The molecule has 2 aliphatic heterocycles. The predicted octanol–water partition coefficient (Wildman–Crippen LogP) is 2.17. The maximum absolute atomic E-state index is 13.3. The van der Waals surface area contributed by atoms with Gasteiger partial charge in [0.05, 0.1) is 6.54 Å². The number of amides is 2. The summed E-state index contributed by atoms with van der Waals surface area (Å²) in [5.74, 6) is 0.965. The number of hydrogen-bond donors (Lipinski definition) is 0. The monoisotopic (exact) mass is 424 g/mol. The zero-order chi connectivity index (χ0) is 21.5. The molecule has 8 nitrogen and oxygen atoms in total. The lowest BCUT2D eigenvalue weighted by molar-refractivity contribution is -0.138. The number of likely N-dealkylation sites (tertiary alicyclic amines) is 2. The van der Waals surface area contributed by atoms with Gasteiger partial charge in [0.2, 0.25) is 11.8 Å². The van der Waals surface area contributed by atoms with Crippen molar-refractivity contribution in [3.05, 3.63) is 42.2 Å². The molecule has 0 bridgehead atoms. The first kappa shape index (κ1) is 21.5. The van der Waals surface area contributed by atoms with E-state index in [4.69, 9.17) is 0 Å². The fourth-order valence-electron chi connectivity index (χ4n) is 4.91. The number of carbonyl (C=O) groups is 2. The Balaban J connectivity index is 1.27. The van der Waals surface area contributed by atoms with Gasteiger partial charge in [-0.25, -0.2) is 4.68 Å². The van der Waals surface area contributed by atoms with Gasteiger partial charge in [0.15, 0.2) is 0 Å². The summed E-state index contributed by atoms with van der Waals surface area (Å²) in [6.07, 6.45) is 7.87. The minimum atomic E-state index is 0.108. The molecule has 1 aromatic carbocycles. The minimum absolute atomic E-state index is 0.108. The molecule has 166 valence electrons. The molecule has 0 N–H and O–H groups in total. The Bertz CT molecular complexity index is 833. The number of aryl methyl sites for hydroxylation is 1. The highest BCUT2D eigenvalue weighted by Crippen LogP contribution is 2.32. The molecule has 2 saturated heterocycles. The van der Waals surface area contributed by atoms with Crippen LogP contribution in [0.2, 0.25) is 0 Å². The van der Waals surface area contributed by atoms with E-state index in [-0.39, 0.29) is 11.8 Å². The van der Waals surface area contributed by atoms with E-state index >= 15 is 0 Å². The number of carbonyl (C=O) groups excluding carboxylic acids is 2. The Morgan fingerprint density at radius 1 is 1.00 bits per heavy atom. The average Bonchev–Trinajstić information content (AvgIpc) is 3.27. The van der Waals surface area contributed by atoms with Crippen molar-refractivity contribution in [3.63, 3.8) is 0 Å². The summed E-state index contributed by atoms with van der Waals surface area (Å²) in [7, 11) is 0. The van der Waals surface area contributed by atoms with Gasteiger partial charge in [0, 0.05) is 38.5 Å². The van der Waals surface area contributed by atoms with E-state index in [1.54, 1.807) is 4.68 Å². The van der Waals surface area contributed by atoms with Crippen LogP contribution in [0, 0.1) is 11.8 Å². The van der Waals surface area contributed by atoms with Crippen LogP contribution in [0.5, 0.6) is 0 Å². The molecule has 0 spiro atoms. The van der Waals surface area contributed by atoms with Crippen molar-refractivity contribution >= 4 is 11.8 Å².